The van der Waals surface area contributed by atoms with E-state index in [0.29, 0.717) is 11.3 Å². The molecule has 1 amide bonds. The summed E-state index contributed by atoms with van der Waals surface area (Å²) in [5.74, 6) is -0.413. The molecule has 0 unspecified atom stereocenters. The molecule has 0 heterocycles. The second-order valence-corrected chi connectivity index (χ2v) is 5.26. The van der Waals surface area contributed by atoms with Gasteiger partial charge in [-0.25, -0.2) is 5.43 Å². The van der Waals surface area contributed by atoms with E-state index in [2.05, 4.69) is 10.5 Å². The molecule has 2 rings (SSSR count). The number of nitro benzene ring substituents is 1. The minimum atomic E-state index is -0.510. The standard InChI is InChI=1S/C17H17N3O3/c1-11-4-9-16(12(2)10-11)13(3)18-19-17(21)14-5-7-15(8-6-14)20(22)23/h4-10H,1-3H3,(H,19,21)/b18-13-. The van der Waals surface area contributed by atoms with Crippen molar-refractivity contribution in [3.63, 3.8) is 0 Å². The van der Waals surface area contributed by atoms with Crippen molar-refractivity contribution in [2.24, 2.45) is 5.10 Å². The molecule has 0 aliphatic rings. The maximum atomic E-state index is 12.0. The summed E-state index contributed by atoms with van der Waals surface area (Å²) in [6.07, 6.45) is 0. The van der Waals surface area contributed by atoms with Gasteiger partial charge in [-0.1, -0.05) is 23.8 Å². The third-order valence-electron chi connectivity index (χ3n) is 3.44. The molecular weight excluding hydrogens is 294 g/mol. The Balaban J connectivity index is 2.12. The van der Waals surface area contributed by atoms with Crippen molar-refractivity contribution in [1.82, 2.24) is 5.43 Å². The first-order chi connectivity index (χ1) is 10.9. The van der Waals surface area contributed by atoms with Crippen LogP contribution < -0.4 is 5.43 Å². The van der Waals surface area contributed by atoms with Gasteiger partial charge in [-0.3, -0.25) is 14.9 Å². The van der Waals surface area contributed by atoms with Crippen LogP contribution in [0.25, 0.3) is 0 Å². The molecule has 118 valence electrons. The number of benzene rings is 2. The van der Waals surface area contributed by atoms with Crippen molar-refractivity contribution in [2.45, 2.75) is 20.8 Å². The number of amides is 1. The third kappa shape index (κ3) is 4.00. The summed E-state index contributed by atoms with van der Waals surface area (Å²) in [5.41, 5.74) is 6.61. The number of hydrogen-bond acceptors (Lipinski definition) is 4. The van der Waals surface area contributed by atoms with Crippen LogP contribution in [0.2, 0.25) is 0 Å². The Bertz CT molecular complexity index is 780. The predicted octanol–water partition coefficient (Wildman–Crippen LogP) is 3.37. The fraction of sp³-hybridized carbons (Fsp3) is 0.176. The van der Waals surface area contributed by atoms with E-state index < -0.39 is 10.8 Å². The molecule has 0 aliphatic heterocycles. The summed E-state index contributed by atoms with van der Waals surface area (Å²) in [4.78, 5) is 22.1. The van der Waals surface area contributed by atoms with Gasteiger partial charge in [-0.15, -0.1) is 0 Å². The number of carbonyl (C=O) groups is 1. The molecule has 0 radical (unpaired) electrons. The smallest absolute Gasteiger partial charge is 0.267 e. The Morgan fingerprint density at radius 3 is 2.35 bits per heavy atom. The van der Waals surface area contributed by atoms with Gasteiger partial charge in [0.05, 0.1) is 10.6 Å². The zero-order valence-electron chi connectivity index (χ0n) is 13.2. The topological polar surface area (TPSA) is 84.6 Å². The molecule has 0 bridgehead atoms. The molecule has 0 fully saturated rings. The van der Waals surface area contributed by atoms with Gasteiger partial charge in [-0.2, -0.15) is 5.10 Å². The van der Waals surface area contributed by atoms with Crippen molar-refractivity contribution in [1.29, 1.82) is 0 Å². The van der Waals surface area contributed by atoms with E-state index in [1.54, 1.807) is 0 Å². The Morgan fingerprint density at radius 1 is 1.13 bits per heavy atom. The monoisotopic (exact) mass is 311 g/mol. The predicted molar refractivity (Wildman–Crippen MR) is 88.7 cm³/mol. The lowest BCUT2D eigenvalue weighted by atomic mass is 10.0. The van der Waals surface area contributed by atoms with Gasteiger partial charge in [0.25, 0.3) is 11.6 Å². The average molecular weight is 311 g/mol. The molecular formula is C17H17N3O3. The molecule has 23 heavy (non-hydrogen) atoms. The van der Waals surface area contributed by atoms with Gasteiger partial charge < -0.3 is 0 Å². The number of hydrazone groups is 1. The first-order valence-electron chi connectivity index (χ1n) is 7.05. The molecule has 0 atom stereocenters. The van der Waals surface area contributed by atoms with E-state index in [1.165, 1.54) is 24.3 Å². The van der Waals surface area contributed by atoms with Gasteiger partial charge in [-0.05, 0) is 38.5 Å². The van der Waals surface area contributed by atoms with Gasteiger partial charge in [0.1, 0.15) is 0 Å². The van der Waals surface area contributed by atoms with Crippen LogP contribution in [0.5, 0.6) is 0 Å². The molecule has 0 aliphatic carbocycles. The minimum absolute atomic E-state index is 0.0588. The van der Waals surface area contributed by atoms with Gasteiger partial charge in [0.2, 0.25) is 0 Å². The summed E-state index contributed by atoms with van der Waals surface area (Å²) < 4.78 is 0. The van der Waals surface area contributed by atoms with Crippen LogP contribution in [0.1, 0.15) is 34.0 Å². The second-order valence-electron chi connectivity index (χ2n) is 5.26. The minimum Gasteiger partial charge on any atom is -0.267 e. The fourth-order valence-electron chi connectivity index (χ4n) is 2.21. The average Bonchev–Trinajstić information content (AvgIpc) is 2.52. The molecule has 2 aromatic carbocycles. The van der Waals surface area contributed by atoms with Crippen LogP contribution in [-0.2, 0) is 0 Å². The highest BCUT2D eigenvalue weighted by Gasteiger charge is 2.09. The zero-order valence-corrected chi connectivity index (χ0v) is 13.2. The molecule has 6 heteroatoms. The van der Waals surface area contributed by atoms with E-state index in [1.807, 2.05) is 39.0 Å². The van der Waals surface area contributed by atoms with Crippen molar-refractivity contribution >= 4 is 17.3 Å². The van der Waals surface area contributed by atoms with Crippen LogP contribution in [0.4, 0.5) is 5.69 Å². The first kappa shape index (κ1) is 16.4. The number of nitro groups is 1. The Kier molecular flexibility index (Phi) is 4.85. The first-order valence-corrected chi connectivity index (χ1v) is 7.05. The summed E-state index contributed by atoms with van der Waals surface area (Å²) >= 11 is 0. The SMILES string of the molecule is C/C(=N/NC(=O)c1ccc([N+](=O)[O-])cc1)c1ccc(C)cc1C. The number of nitrogens with zero attached hydrogens (tertiary/aromatic N) is 2. The summed E-state index contributed by atoms with van der Waals surface area (Å²) in [5, 5.41) is 14.7. The maximum absolute atomic E-state index is 12.0. The van der Waals surface area contributed by atoms with E-state index in [4.69, 9.17) is 0 Å². The Morgan fingerprint density at radius 2 is 1.78 bits per heavy atom. The molecule has 0 aromatic heterocycles. The maximum Gasteiger partial charge on any atom is 0.271 e. The van der Waals surface area contributed by atoms with Gasteiger partial charge in [0, 0.05) is 23.3 Å². The number of hydrogen-bond donors (Lipinski definition) is 1. The normalized spacial score (nSPS) is 11.2. The largest absolute Gasteiger partial charge is 0.271 e. The van der Waals surface area contributed by atoms with Crippen molar-refractivity contribution in [3.05, 3.63) is 74.8 Å². The number of nitrogens with one attached hydrogen (secondary N) is 1. The van der Waals surface area contributed by atoms with Crippen LogP contribution in [0.15, 0.2) is 47.6 Å². The molecule has 0 spiro atoms. The number of aryl methyl sites for hydroxylation is 2. The van der Waals surface area contributed by atoms with Crippen molar-refractivity contribution in [3.8, 4) is 0 Å². The summed E-state index contributed by atoms with van der Waals surface area (Å²) in [6.45, 7) is 5.81. The molecule has 6 nitrogen and oxygen atoms in total. The molecule has 1 N–H and O–H groups in total. The van der Waals surface area contributed by atoms with Crippen LogP contribution in [-0.4, -0.2) is 16.5 Å². The zero-order chi connectivity index (χ0) is 17.0. The van der Waals surface area contributed by atoms with E-state index in [-0.39, 0.29) is 5.69 Å². The molecule has 0 saturated carbocycles. The van der Waals surface area contributed by atoms with E-state index >= 15 is 0 Å². The lowest BCUT2D eigenvalue weighted by Crippen LogP contribution is -2.19. The lowest BCUT2D eigenvalue weighted by molar-refractivity contribution is -0.384. The Hall–Kier alpha value is -3.02. The highest BCUT2D eigenvalue weighted by molar-refractivity contribution is 6.01. The van der Waals surface area contributed by atoms with Crippen LogP contribution >= 0.6 is 0 Å². The third-order valence-corrected chi connectivity index (χ3v) is 3.44. The quantitative estimate of drug-likeness (QED) is 0.533. The lowest BCUT2D eigenvalue weighted by Gasteiger charge is -2.07. The highest BCUT2D eigenvalue weighted by atomic mass is 16.6. The van der Waals surface area contributed by atoms with Gasteiger partial charge >= 0.3 is 0 Å². The van der Waals surface area contributed by atoms with Gasteiger partial charge in [0.15, 0.2) is 0 Å². The summed E-state index contributed by atoms with van der Waals surface area (Å²) in [7, 11) is 0. The molecule has 0 saturated heterocycles. The number of carbonyl (C=O) groups excluding carboxylic acids is 1. The van der Waals surface area contributed by atoms with Crippen molar-refractivity contribution in [2.75, 3.05) is 0 Å². The number of non-ortho nitro benzene ring substituents is 1. The fourth-order valence-corrected chi connectivity index (χ4v) is 2.21. The summed E-state index contributed by atoms with van der Waals surface area (Å²) in [6, 6.07) is 11.4. The highest BCUT2D eigenvalue weighted by Crippen LogP contribution is 2.13. The van der Waals surface area contributed by atoms with E-state index in [9.17, 15) is 14.9 Å². The molecule has 2 aromatic rings. The van der Waals surface area contributed by atoms with Crippen molar-refractivity contribution < 1.29 is 9.72 Å². The second kappa shape index (κ2) is 6.83. The van der Waals surface area contributed by atoms with Crippen LogP contribution in [0.3, 0.4) is 0 Å². The Labute approximate surface area is 134 Å². The van der Waals surface area contributed by atoms with E-state index in [0.717, 1.165) is 16.7 Å². The van der Waals surface area contributed by atoms with Crippen LogP contribution in [0, 0.1) is 24.0 Å². The number of rotatable bonds is 4.